The van der Waals surface area contributed by atoms with Gasteiger partial charge < -0.3 is 15.0 Å². The van der Waals surface area contributed by atoms with Gasteiger partial charge in [0.2, 0.25) is 11.9 Å². The zero-order valence-corrected chi connectivity index (χ0v) is 12.0. The van der Waals surface area contributed by atoms with Crippen LogP contribution < -0.4 is 10.2 Å². The molecular formula is C14H20N4O2. The van der Waals surface area contributed by atoms with E-state index >= 15 is 0 Å². The van der Waals surface area contributed by atoms with Crippen LogP contribution in [0.25, 0.3) is 0 Å². The zero-order valence-electron chi connectivity index (χ0n) is 12.0. The standard InChI is InChI=1S/C14H20N4O2/c1-9-12(17-13(19)11-3-4-11)10(2)16-14(15-9)18-5-7-20-8-6-18/h11H,3-8H2,1-2H3,(H,17,19). The van der Waals surface area contributed by atoms with Crippen LogP contribution in [-0.2, 0) is 9.53 Å². The van der Waals surface area contributed by atoms with E-state index in [2.05, 4.69) is 20.2 Å². The lowest BCUT2D eigenvalue weighted by molar-refractivity contribution is -0.117. The molecule has 6 heteroatoms. The van der Waals surface area contributed by atoms with Crippen LogP contribution in [0.5, 0.6) is 0 Å². The number of ether oxygens (including phenoxy) is 1. The van der Waals surface area contributed by atoms with Gasteiger partial charge in [-0.15, -0.1) is 0 Å². The van der Waals surface area contributed by atoms with E-state index in [9.17, 15) is 4.79 Å². The third-order valence-corrected chi connectivity index (χ3v) is 3.75. The molecule has 1 aromatic rings. The van der Waals surface area contributed by atoms with E-state index < -0.39 is 0 Å². The van der Waals surface area contributed by atoms with Crippen molar-refractivity contribution in [2.24, 2.45) is 5.92 Å². The van der Waals surface area contributed by atoms with Crippen LogP contribution in [0.2, 0.25) is 0 Å². The first kappa shape index (κ1) is 13.3. The highest BCUT2D eigenvalue weighted by molar-refractivity contribution is 5.95. The number of nitrogens with one attached hydrogen (secondary N) is 1. The first-order chi connectivity index (χ1) is 9.65. The van der Waals surface area contributed by atoms with Crippen molar-refractivity contribution in [2.75, 3.05) is 36.5 Å². The van der Waals surface area contributed by atoms with E-state index in [1.54, 1.807) is 0 Å². The van der Waals surface area contributed by atoms with E-state index in [-0.39, 0.29) is 11.8 Å². The first-order valence-electron chi connectivity index (χ1n) is 7.14. The molecule has 2 aliphatic rings. The quantitative estimate of drug-likeness (QED) is 0.900. The van der Waals surface area contributed by atoms with E-state index in [1.807, 2.05) is 13.8 Å². The number of nitrogens with zero attached hydrogens (tertiary/aromatic N) is 3. The molecule has 0 atom stereocenters. The Morgan fingerprint density at radius 2 is 1.80 bits per heavy atom. The summed E-state index contributed by atoms with van der Waals surface area (Å²) < 4.78 is 5.34. The minimum Gasteiger partial charge on any atom is -0.378 e. The normalized spacial score (nSPS) is 19.0. The molecule has 1 aliphatic carbocycles. The fourth-order valence-corrected chi connectivity index (χ4v) is 2.36. The van der Waals surface area contributed by atoms with Crippen molar-refractivity contribution < 1.29 is 9.53 Å². The lowest BCUT2D eigenvalue weighted by atomic mass is 10.2. The average molecular weight is 276 g/mol. The minimum absolute atomic E-state index is 0.0962. The van der Waals surface area contributed by atoms with Gasteiger partial charge >= 0.3 is 0 Å². The Labute approximate surface area is 118 Å². The lowest BCUT2D eigenvalue weighted by Gasteiger charge is -2.27. The van der Waals surface area contributed by atoms with Gasteiger partial charge in [0.1, 0.15) is 0 Å². The van der Waals surface area contributed by atoms with Crippen LogP contribution in [0.3, 0.4) is 0 Å². The van der Waals surface area contributed by atoms with Crippen LogP contribution in [0, 0.1) is 19.8 Å². The molecule has 1 amide bonds. The molecule has 1 saturated carbocycles. The van der Waals surface area contributed by atoms with E-state index in [0.717, 1.165) is 49.0 Å². The molecule has 20 heavy (non-hydrogen) atoms. The van der Waals surface area contributed by atoms with E-state index in [0.29, 0.717) is 13.2 Å². The van der Waals surface area contributed by atoms with Crippen LogP contribution in [0.15, 0.2) is 0 Å². The van der Waals surface area contributed by atoms with Gasteiger partial charge in [0, 0.05) is 19.0 Å². The molecular weight excluding hydrogens is 256 g/mol. The van der Waals surface area contributed by atoms with Crippen molar-refractivity contribution in [3.63, 3.8) is 0 Å². The summed E-state index contributed by atoms with van der Waals surface area (Å²) >= 11 is 0. The van der Waals surface area contributed by atoms with Crippen molar-refractivity contribution in [2.45, 2.75) is 26.7 Å². The molecule has 2 heterocycles. The monoisotopic (exact) mass is 276 g/mol. The summed E-state index contributed by atoms with van der Waals surface area (Å²) in [5.41, 5.74) is 2.42. The number of amides is 1. The summed E-state index contributed by atoms with van der Waals surface area (Å²) in [6.07, 6.45) is 1.99. The van der Waals surface area contributed by atoms with Crippen molar-refractivity contribution >= 4 is 17.5 Å². The van der Waals surface area contributed by atoms with Gasteiger partial charge in [-0.25, -0.2) is 9.97 Å². The Kier molecular flexibility index (Phi) is 3.56. The Morgan fingerprint density at radius 3 is 2.35 bits per heavy atom. The number of aryl methyl sites for hydroxylation is 2. The molecule has 2 fully saturated rings. The molecule has 1 saturated heterocycles. The third-order valence-electron chi connectivity index (χ3n) is 3.75. The number of rotatable bonds is 3. The minimum atomic E-state index is 0.0962. The number of hydrogen-bond acceptors (Lipinski definition) is 5. The Balaban J connectivity index is 1.79. The maximum Gasteiger partial charge on any atom is 0.227 e. The highest BCUT2D eigenvalue weighted by Gasteiger charge is 2.30. The zero-order chi connectivity index (χ0) is 14.1. The Morgan fingerprint density at radius 1 is 1.20 bits per heavy atom. The summed E-state index contributed by atoms with van der Waals surface area (Å²) in [5.74, 6) is 1.01. The van der Waals surface area contributed by atoms with Crippen molar-refractivity contribution in [1.29, 1.82) is 0 Å². The van der Waals surface area contributed by atoms with Gasteiger partial charge in [-0.2, -0.15) is 0 Å². The van der Waals surface area contributed by atoms with Gasteiger partial charge in [0.05, 0.1) is 30.3 Å². The van der Waals surface area contributed by atoms with Gasteiger partial charge in [-0.1, -0.05) is 0 Å². The summed E-state index contributed by atoms with van der Waals surface area (Å²) in [4.78, 5) is 23.1. The average Bonchev–Trinajstić information content (AvgIpc) is 3.28. The van der Waals surface area contributed by atoms with Crippen molar-refractivity contribution in [1.82, 2.24) is 9.97 Å². The van der Waals surface area contributed by atoms with Crippen LogP contribution >= 0.6 is 0 Å². The SMILES string of the molecule is Cc1nc(N2CCOCC2)nc(C)c1NC(=O)C1CC1. The lowest BCUT2D eigenvalue weighted by Crippen LogP contribution is -2.37. The largest absolute Gasteiger partial charge is 0.378 e. The second kappa shape index (κ2) is 5.36. The maximum atomic E-state index is 11.9. The Hall–Kier alpha value is -1.69. The predicted octanol–water partition coefficient (Wildman–Crippen LogP) is 1.28. The summed E-state index contributed by atoms with van der Waals surface area (Å²) in [6, 6.07) is 0. The number of carbonyl (C=O) groups is 1. The van der Waals surface area contributed by atoms with Crippen LogP contribution in [-0.4, -0.2) is 42.2 Å². The molecule has 108 valence electrons. The molecule has 0 radical (unpaired) electrons. The number of anilines is 2. The molecule has 0 bridgehead atoms. The number of carbonyl (C=O) groups excluding carboxylic acids is 1. The molecule has 1 N–H and O–H groups in total. The fourth-order valence-electron chi connectivity index (χ4n) is 2.36. The fraction of sp³-hybridized carbons (Fsp3) is 0.643. The number of morpholine rings is 1. The van der Waals surface area contributed by atoms with Gasteiger partial charge in [-0.05, 0) is 26.7 Å². The van der Waals surface area contributed by atoms with Crippen molar-refractivity contribution in [3.05, 3.63) is 11.4 Å². The van der Waals surface area contributed by atoms with Gasteiger partial charge in [0.25, 0.3) is 0 Å². The molecule has 3 rings (SSSR count). The van der Waals surface area contributed by atoms with E-state index in [4.69, 9.17) is 4.74 Å². The molecule has 1 aromatic heterocycles. The second-order valence-corrected chi connectivity index (χ2v) is 5.43. The molecule has 0 spiro atoms. The summed E-state index contributed by atoms with van der Waals surface area (Å²) in [7, 11) is 0. The highest BCUT2D eigenvalue weighted by atomic mass is 16.5. The number of hydrogen-bond donors (Lipinski definition) is 1. The predicted molar refractivity (Wildman–Crippen MR) is 75.9 cm³/mol. The highest BCUT2D eigenvalue weighted by Crippen LogP contribution is 2.31. The summed E-state index contributed by atoms with van der Waals surface area (Å²) in [6.45, 7) is 6.88. The molecule has 6 nitrogen and oxygen atoms in total. The van der Waals surface area contributed by atoms with Crippen molar-refractivity contribution in [3.8, 4) is 0 Å². The Bertz CT molecular complexity index is 499. The smallest absolute Gasteiger partial charge is 0.227 e. The topological polar surface area (TPSA) is 67.3 Å². The van der Waals surface area contributed by atoms with Gasteiger partial charge in [-0.3, -0.25) is 4.79 Å². The van der Waals surface area contributed by atoms with Gasteiger partial charge in [0.15, 0.2) is 0 Å². The summed E-state index contributed by atoms with van der Waals surface area (Å²) in [5, 5.41) is 2.96. The van der Waals surface area contributed by atoms with Crippen LogP contribution in [0.4, 0.5) is 11.6 Å². The molecule has 0 aromatic carbocycles. The first-order valence-corrected chi connectivity index (χ1v) is 7.14. The molecule has 1 aliphatic heterocycles. The van der Waals surface area contributed by atoms with E-state index in [1.165, 1.54) is 0 Å². The van der Waals surface area contributed by atoms with Crippen LogP contribution in [0.1, 0.15) is 24.2 Å². The second-order valence-electron chi connectivity index (χ2n) is 5.43. The maximum absolute atomic E-state index is 11.9. The third kappa shape index (κ3) is 2.75. The number of aromatic nitrogens is 2. The molecule has 0 unspecified atom stereocenters.